The molecule has 0 aliphatic rings. The van der Waals surface area contributed by atoms with Gasteiger partial charge in [0.15, 0.2) is 0 Å². The third-order valence-corrected chi connectivity index (χ3v) is 3.59. The van der Waals surface area contributed by atoms with E-state index >= 15 is 0 Å². The molecular formula is C17H24FNO4. The van der Waals surface area contributed by atoms with Gasteiger partial charge in [0.05, 0.1) is 5.41 Å². The van der Waals surface area contributed by atoms with Crippen LogP contribution in [0, 0.1) is 11.2 Å². The van der Waals surface area contributed by atoms with Crippen LogP contribution in [0.1, 0.15) is 39.7 Å². The number of nitrogens with one attached hydrogen (secondary N) is 1. The molecule has 5 nitrogen and oxygen atoms in total. The molecule has 0 spiro atoms. The van der Waals surface area contributed by atoms with Gasteiger partial charge in [-0.15, -0.1) is 0 Å². The van der Waals surface area contributed by atoms with Gasteiger partial charge in [-0.2, -0.15) is 0 Å². The van der Waals surface area contributed by atoms with Crippen molar-refractivity contribution >= 4 is 12.1 Å². The number of benzene rings is 1. The van der Waals surface area contributed by atoms with Crippen LogP contribution in [0.5, 0.6) is 0 Å². The minimum Gasteiger partial charge on any atom is -0.481 e. The van der Waals surface area contributed by atoms with E-state index in [-0.39, 0.29) is 19.4 Å². The molecule has 0 bridgehead atoms. The second kappa shape index (κ2) is 7.44. The number of carbonyl (C=O) groups is 2. The lowest BCUT2D eigenvalue weighted by molar-refractivity contribution is -0.148. The van der Waals surface area contributed by atoms with Crippen molar-refractivity contribution in [2.75, 3.05) is 6.54 Å². The summed E-state index contributed by atoms with van der Waals surface area (Å²) in [6, 6.07) is 6.04. The van der Waals surface area contributed by atoms with Crippen molar-refractivity contribution in [3.05, 3.63) is 35.6 Å². The fraction of sp³-hybridized carbons (Fsp3) is 0.529. The van der Waals surface area contributed by atoms with Crippen molar-refractivity contribution < 1.29 is 23.8 Å². The number of alkyl carbamates (subject to hydrolysis) is 1. The van der Waals surface area contributed by atoms with Crippen molar-refractivity contribution in [2.24, 2.45) is 5.41 Å². The third-order valence-electron chi connectivity index (χ3n) is 3.59. The maximum Gasteiger partial charge on any atom is 0.407 e. The van der Waals surface area contributed by atoms with E-state index in [4.69, 9.17) is 4.74 Å². The van der Waals surface area contributed by atoms with Gasteiger partial charge in [0.25, 0.3) is 0 Å². The van der Waals surface area contributed by atoms with Gasteiger partial charge in [-0.05, 0) is 45.2 Å². The molecule has 1 atom stereocenters. The van der Waals surface area contributed by atoms with E-state index in [1.165, 1.54) is 6.07 Å². The van der Waals surface area contributed by atoms with Gasteiger partial charge in [0.2, 0.25) is 0 Å². The Morgan fingerprint density at radius 3 is 2.35 bits per heavy atom. The SMILES string of the molecule is CCC(CNC(=O)OC(C)(C)C)(Cc1ccccc1F)C(=O)O. The second-order valence-electron chi connectivity index (χ2n) is 6.56. The minimum atomic E-state index is -1.29. The van der Waals surface area contributed by atoms with Crippen LogP contribution in [0.4, 0.5) is 9.18 Å². The molecule has 1 amide bonds. The molecule has 0 saturated heterocycles. The fourth-order valence-corrected chi connectivity index (χ4v) is 2.18. The Balaban J connectivity index is 2.89. The molecule has 23 heavy (non-hydrogen) atoms. The van der Waals surface area contributed by atoms with Crippen LogP contribution in [0.2, 0.25) is 0 Å². The predicted octanol–water partition coefficient (Wildman–Crippen LogP) is 3.37. The van der Waals surface area contributed by atoms with Gasteiger partial charge < -0.3 is 15.2 Å². The molecule has 0 saturated carbocycles. The Kier molecular flexibility index (Phi) is 6.12. The number of ether oxygens (including phenoxy) is 1. The number of rotatable bonds is 6. The average molecular weight is 325 g/mol. The molecule has 0 aliphatic carbocycles. The van der Waals surface area contributed by atoms with Crippen molar-refractivity contribution in [1.29, 1.82) is 0 Å². The molecule has 0 aromatic heterocycles. The second-order valence-corrected chi connectivity index (χ2v) is 6.56. The van der Waals surface area contributed by atoms with Crippen LogP contribution >= 0.6 is 0 Å². The molecule has 1 aromatic rings. The highest BCUT2D eigenvalue weighted by atomic mass is 19.1. The molecule has 1 aromatic carbocycles. The van der Waals surface area contributed by atoms with E-state index in [0.717, 1.165) is 0 Å². The highest BCUT2D eigenvalue weighted by molar-refractivity contribution is 5.77. The molecule has 0 aliphatic heterocycles. The molecule has 0 radical (unpaired) electrons. The molecule has 2 N–H and O–H groups in total. The van der Waals surface area contributed by atoms with Crippen LogP contribution in [-0.4, -0.2) is 29.3 Å². The Bertz CT molecular complexity index is 568. The number of carbonyl (C=O) groups excluding carboxylic acids is 1. The molecule has 128 valence electrons. The summed E-state index contributed by atoms with van der Waals surface area (Å²) in [7, 11) is 0. The van der Waals surface area contributed by atoms with Crippen LogP contribution in [-0.2, 0) is 16.0 Å². The Morgan fingerprint density at radius 2 is 1.87 bits per heavy atom. The lowest BCUT2D eigenvalue weighted by atomic mass is 9.79. The maximum atomic E-state index is 13.8. The highest BCUT2D eigenvalue weighted by Gasteiger charge is 2.38. The Labute approximate surface area is 135 Å². The van der Waals surface area contributed by atoms with E-state index in [1.807, 2.05) is 0 Å². The number of hydrogen-bond acceptors (Lipinski definition) is 3. The number of amides is 1. The quantitative estimate of drug-likeness (QED) is 0.841. The monoisotopic (exact) mass is 325 g/mol. The van der Waals surface area contributed by atoms with Gasteiger partial charge >= 0.3 is 12.1 Å². The summed E-state index contributed by atoms with van der Waals surface area (Å²) >= 11 is 0. The third kappa shape index (κ3) is 5.54. The number of carboxylic acid groups (broad SMARTS) is 1. The zero-order valence-electron chi connectivity index (χ0n) is 14.0. The summed E-state index contributed by atoms with van der Waals surface area (Å²) in [5.74, 6) is -1.54. The van der Waals surface area contributed by atoms with Gasteiger partial charge in [-0.1, -0.05) is 25.1 Å². The number of hydrogen-bond donors (Lipinski definition) is 2. The van der Waals surface area contributed by atoms with Crippen LogP contribution < -0.4 is 5.32 Å². The van der Waals surface area contributed by atoms with Gasteiger partial charge in [-0.3, -0.25) is 4.79 Å². The Morgan fingerprint density at radius 1 is 1.26 bits per heavy atom. The van der Waals surface area contributed by atoms with Crippen LogP contribution in [0.25, 0.3) is 0 Å². The first-order valence-corrected chi connectivity index (χ1v) is 7.53. The summed E-state index contributed by atoms with van der Waals surface area (Å²) in [6.07, 6.45) is -0.460. The first-order valence-electron chi connectivity index (χ1n) is 7.53. The number of halogens is 1. The number of aliphatic carboxylic acids is 1. The molecule has 6 heteroatoms. The first-order chi connectivity index (χ1) is 10.6. The van der Waals surface area contributed by atoms with Gasteiger partial charge in [-0.25, -0.2) is 9.18 Å². The highest BCUT2D eigenvalue weighted by Crippen LogP contribution is 2.28. The van der Waals surface area contributed by atoms with Crippen molar-refractivity contribution in [3.63, 3.8) is 0 Å². The minimum absolute atomic E-state index is 0.0126. The van der Waals surface area contributed by atoms with Crippen LogP contribution in [0.15, 0.2) is 24.3 Å². The molecule has 1 rings (SSSR count). The van der Waals surface area contributed by atoms with Gasteiger partial charge in [0.1, 0.15) is 11.4 Å². The normalized spacial score (nSPS) is 14.0. The largest absolute Gasteiger partial charge is 0.481 e. The lowest BCUT2D eigenvalue weighted by Gasteiger charge is -2.29. The summed E-state index contributed by atoms with van der Waals surface area (Å²) in [5, 5.41) is 12.1. The standard InChI is InChI=1S/C17H24FNO4/c1-5-17(14(20)21,10-12-8-6-7-9-13(12)18)11-19-15(22)23-16(2,3)4/h6-9H,5,10-11H2,1-4H3,(H,19,22)(H,20,21). The first kappa shape index (κ1) is 18.9. The smallest absolute Gasteiger partial charge is 0.407 e. The molecule has 0 fully saturated rings. The van der Waals surface area contributed by atoms with Crippen molar-refractivity contribution in [2.45, 2.75) is 46.1 Å². The van der Waals surface area contributed by atoms with Crippen molar-refractivity contribution in [3.8, 4) is 0 Å². The summed E-state index contributed by atoms with van der Waals surface area (Å²) in [5.41, 5.74) is -1.66. The fourth-order valence-electron chi connectivity index (χ4n) is 2.18. The van der Waals surface area contributed by atoms with Crippen molar-refractivity contribution in [1.82, 2.24) is 5.32 Å². The average Bonchev–Trinajstić information content (AvgIpc) is 2.43. The summed E-state index contributed by atoms with van der Waals surface area (Å²) < 4.78 is 19.0. The van der Waals surface area contributed by atoms with E-state index < -0.39 is 28.9 Å². The van der Waals surface area contributed by atoms with Gasteiger partial charge in [0, 0.05) is 6.54 Å². The van der Waals surface area contributed by atoms with Crippen LogP contribution in [0.3, 0.4) is 0 Å². The van der Waals surface area contributed by atoms with E-state index in [1.54, 1.807) is 45.9 Å². The Hall–Kier alpha value is -2.11. The van der Waals surface area contributed by atoms with E-state index in [0.29, 0.717) is 5.56 Å². The lowest BCUT2D eigenvalue weighted by Crippen LogP contribution is -2.45. The summed E-state index contributed by atoms with van der Waals surface area (Å²) in [6.45, 7) is 6.72. The predicted molar refractivity (Wildman–Crippen MR) is 84.7 cm³/mol. The zero-order chi connectivity index (χ0) is 17.7. The van der Waals surface area contributed by atoms with E-state index in [9.17, 15) is 19.1 Å². The molecule has 0 heterocycles. The molecular weight excluding hydrogens is 301 g/mol. The molecule has 1 unspecified atom stereocenters. The maximum absolute atomic E-state index is 13.8. The summed E-state index contributed by atoms with van der Waals surface area (Å²) in [4.78, 5) is 23.5. The zero-order valence-corrected chi connectivity index (χ0v) is 14.0. The number of carboxylic acids is 1. The van der Waals surface area contributed by atoms with E-state index in [2.05, 4.69) is 5.32 Å². The topological polar surface area (TPSA) is 75.6 Å².